The Kier molecular flexibility index (Phi) is 5.62. The molecule has 0 bridgehead atoms. The molecule has 1 fully saturated rings. The summed E-state index contributed by atoms with van der Waals surface area (Å²) in [5.41, 5.74) is 0. The molecule has 0 aromatic carbocycles. The average Bonchev–Trinajstić information content (AvgIpc) is 2.70. The molecule has 1 aliphatic carbocycles. The van der Waals surface area contributed by atoms with Crippen LogP contribution in [0.25, 0.3) is 0 Å². The number of hydrogen-bond acceptors (Lipinski definition) is 3. The second-order valence-electron chi connectivity index (χ2n) is 5.12. The highest BCUT2D eigenvalue weighted by molar-refractivity contribution is 7.99. The average molecular weight is 244 g/mol. The molecular weight excluding hydrogens is 220 g/mol. The summed E-state index contributed by atoms with van der Waals surface area (Å²) in [5.74, 6) is 0.142. The van der Waals surface area contributed by atoms with Crippen molar-refractivity contribution in [2.24, 2.45) is 0 Å². The zero-order chi connectivity index (χ0) is 12.0. The van der Waals surface area contributed by atoms with Crippen LogP contribution in [0.5, 0.6) is 0 Å². The number of carbonyl (C=O) groups is 1. The van der Waals surface area contributed by atoms with Crippen molar-refractivity contribution in [2.75, 3.05) is 19.3 Å². The maximum atomic E-state index is 11.6. The summed E-state index contributed by atoms with van der Waals surface area (Å²) in [4.78, 5) is 11.6. The summed E-state index contributed by atoms with van der Waals surface area (Å²) in [6, 6.07) is 0.433. The number of nitrogens with one attached hydrogen (secondary N) is 2. The van der Waals surface area contributed by atoms with E-state index in [1.807, 2.05) is 11.8 Å². The number of thioether (sulfide) groups is 1. The molecule has 1 aliphatic rings. The Morgan fingerprint density at radius 3 is 2.56 bits per heavy atom. The van der Waals surface area contributed by atoms with Gasteiger partial charge in [0.05, 0.1) is 6.54 Å². The molecule has 0 spiro atoms. The molecule has 1 saturated carbocycles. The van der Waals surface area contributed by atoms with Crippen LogP contribution in [-0.2, 0) is 4.79 Å². The smallest absolute Gasteiger partial charge is 0.234 e. The van der Waals surface area contributed by atoms with Gasteiger partial charge in [-0.2, -0.15) is 11.8 Å². The van der Waals surface area contributed by atoms with E-state index in [2.05, 4.69) is 30.7 Å². The lowest BCUT2D eigenvalue weighted by molar-refractivity contribution is -0.120. The van der Waals surface area contributed by atoms with Gasteiger partial charge in [0.15, 0.2) is 0 Å². The SMILES string of the molecule is CSC(C)(C)CNCC(=O)NC1CCCC1. The van der Waals surface area contributed by atoms with E-state index in [0.717, 1.165) is 19.4 Å². The second-order valence-corrected chi connectivity index (χ2v) is 6.63. The summed E-state index contributed by atoms with van der Waals surface area (Å²) in [6.45, 7) is 5.67. The lowest BCUT2D eigenvalue weighted by Gasteiger charge is -2.22. The molecule has 94 valence electrons. The summed E-state index contributed by atoms with van der Waals surface area (Å²) in [7, 11) is 0. The third-order valence-electron chi connectivity index (χ3n) is 3.11. The molecule has 0 heterocycles. The monoisotopic (exact) mass is 244 g/mol. The van der Waals surface area contributed by atoms with Gasteiger partial charge < -0.3 is 10.6 Å². The first-order chi connectivity index (χ1) is 7.53. The molecule has 0 saturated heterocycles. The van der Waals surface area contributed by atoms with E-state index in [-0.39, 0.29) is 10.7 Å². The van der Waals surface area contributed by atoms with Gasteiger partial charge in [-0.15, -0.1) is 0 Å². The summed E-state index contributed by atoms with van der Waals surface area (Å²) < 4.78 is 0.202. The molecule has 3 nitrogen and oxygen atoms in total. The van der Waals surface area contributed by atoms with E-state index < -0.39 is 0 Å². The minimum Gasteiger partial charge on any atom is -0.352 e. The van der Waals surface area contributed by atoms with Gasteiger partial charge >= 0.3 is 0 Å². The van der Waals surface area contributed by atoms with Crippen molar-refractivity contribution < 1.29 is 4.79 Å². The Hall–Kier alpha value is -0.220. The first-order valence-electron chi connectivity index (χ1n) is 6.09. The highest BCUT2D eigenvalue weighted by Gasteiger charge is 2.18. The van der Waals surface area contributed by atoms with Crippen molar-refractivity contribution in [3.8, 4) is 0 Å². The van der Waals surface area contributed by atoms with Gasteiger partial charge in [-0.1, -0.05) is 12.8 Å². The Morgan fingerprint density at radius 2 is 2.00 bits per heavy atom. The van der Waals surface area contributed by atoms with E-state index in [1.54, 1.807) is 0 Å². The van der Waals surface area contributed by atoms with Crippen LogP contribution < -0.4 is 10.6 Å². The summed E-state index contributed by atoms with van der Waals surface area (Å²) in [5, 5.41) is 6.29. The van der Waals surface area contributed by atoms with Crippen LogP contribution in [-0.4, -0.2) is 36.0 Å². The highest BCUT2D eigenvalue weighted by Crippen LogP contribution is 2.19. The molecule has 1 rings (SSSR count). The van der Waals surface area contributed by atoms with Gasteiger partial charge in [0, 0.05) is 17.3 Å². The van der Waals surface area contributed by atoms with Crippen LogP contribution in [0.2, 0.25) is 0 Å². The molecule has 0 radical (unpaired) electrons. The minimum absolute atomic E-state index is 0.142. The lowest BCUT2D eigenvalue weighted by Crippen LogP contribution is -2.42. The van der Waals surface area contributed by atoms with Crippen molar-refractivity contribution >= 4 is 17.7 Å². The number of rotatable bonds is 6. The fourth-order valence-corrected chi connectivity index (χ4v) is 2.14. The summed E-state index contributed by atoms with van der Waals surface area (Å²) >= 11 is 1.82. The number of hydrogen-bond donors (Lipinski definition) is 2. The fraction of sp³-hybridized carbons (Fsp3) is 0.917. The van der Waals surface area contributed by atoms with E-state index in [9.17, 15) is 4.79 Å². The standard InChI is InChI=1S/C12H24N2OS/c1-12(2,16-3)9-13-8-11(15)14-10-6-4-5-7-10/h10,13H,4-9H2,1-3H3,(H,14,15). The third-order valence-corrected chi connectivity index (χ3v) is 4.36. The molecule has 0 unspecified atom stereocenters. The predicted molar refractivity (Wildman–Crippen MR) is 70.9 cm³/mol. The Labute approximate surface area is 103 Å². The molecule has 0 aromatic heterocycles. The van der Waals surface area contributed by atoms with Gasteiger partial charge in [-0.05, 0) is 32.9 Å². The number of carbonyl (C=O) groups excluding carboxylic acids is 1. The zero-order valence-corrected chi connectivity index (χ0v) is 11.5. The topological polar surface area (TPSA) is 41.1 Å². The van der Waals surface area contributed by atoms with Crippen LogP contribution >= 0.6 is 11.8 Å². The van der Waals surface area contributed by atoms with Gasteiger partial charge in [0.1, 0.15) is 0 Å². The number of amides is 1. The quantitative estimate of drug-likeness (QED) is 0.748. The van der Waals surface area contributed by atoms with Crippen LogP contribution in [0.15, 0.2) is 0 Å². The van der Waals surface area contributed by atoms with Crippen molar-refractivity contribution in [1.29, 1.82) is 0 Å². The van der Waals surface area contributed by atoms with Gasteiger partial charge in [0.25, 0.3) is 0 Å². The van der Waals surface area contributed by atoms with Crippen LogP contribution in [0.4, 0.5) is 0 Å². The van der Waals surface area contributed by atoms with E-state index in [0.29, 0.717) is 12.6 Å². The van der Waals surface area contributed by atoms with Crippen LogP contribution in [0.3, 0.4) is 0 Å². The Balaban J connectivity index is 2.10. The molecule has 1 amide bonds. The van der Waals surface area contributed by atoms with Crippen LogP contribution in [0.1, 0.15) is 39.5 Å². The molecular formula is C12H24N2OS. The first-order valence-corrected chi connectivity index (χ1v) is 7.31. The van der Waals surface area contributed by atoms with Crippen molar-refractivity contribution in [3.63, 3.8) is 0 Å². The van der Waals surface area contributed by atoms with Crippen molar-refractivity contribution in [1.82, 2.24) is 10.6 Å². The highest BCUT2D eigenvalue weighted by atomic mass is 32.2. The normalized spacial score (nSPS) is 17.7. The molecule has 2 N–H and O–H groups in total. The van der Waals surface area contributed by atoms with Gasteiger partial charge in [0.2, 0.25) is 5.91 Å². The molecule has 4 heteroatoms. The zero-order valence-electron chi connectivity index (χ0n) is 10.6. The first kappa shape index (κ1) is 13.8. The summed E-state index contributed by atoms with van der Waals surface area (Å²) in [6.07, 6.45) is 6.93. The largest absolute Gasteiger partial charge is 0.352 e. The maximum Gasteiger partial charge on any atom is 0.234 e. The van der Waals surface area contributed by atoms with E-state index in [4.69, 9.17) is 0 Å². The predicted octanol–water partition coefficient (Wildman–Crippen LogP) is 1.78. The molecule has 0 aromatic rings. The molecule has 16 heavy (non-hydrogen) atoms. The van der Waals surface area contributed by atoms with Crippen molar-refractivity contribution in [2.45, 2.75) is 50.3 Å². The van der Waals surface area contributed by atoms with Crippen molar-refractivity contribution in [3.05, 3.63) is 0 Å². The lowest BCUT2D eigenvalue weighted by atomic mass is 10.2. The second kappa shape index (κ2) is 6.50. The van der Waals surface area contributed by atoms with E-state index >= 15 is 0 Å². The van der Waals surface area contributed by atoms with Crippen LogP contribution in [0, 0.1) is 0 Å². The molecule has 0 aliphatic heterocycles. The molecule has 0 atom stereocenters. The van der Waals surface area contributed by atoms with E-state index in [1.165, 1.54) is 12.8 Å². The van der Waals surface area contributed by atoms with Gasteiger partial charge in [-0.3, -0.25) is 4.79 Å². The fourth-order valence-electron chi connectivity index (χ4n) is 1.90. The minimum atomic E-state index is 0.142. The Bertz CT molecular complexity index is 225. The third kappa shape index (κ3) is 5.21. The Morgan fingerprint density at radius 1 is 1.38 bits per heavy atom. The van der Waals surface area contributed by atoms with Gasteiger partial charge in [-0.25, -0.2) is 0 Å². The maximum absolute atomic E-state index is 11.6.